The third kappa shape index (κ3) is 3.58. The van der Waals surface area contributed by atoms with E-state index < -0.39 is 0 Å². The van der Waals surface area contributed by atoms with Crippen molar-refractivity contribution in [1.29, 1.82) is 0 Å². The molecule has 2 saturated heterocycles. The molecule has 146 valence electrons. The third-order valence-corrected chi connectivity index (χ3v) is 6.14. The summed E-state index contributed by atoms with van der Waals surface area (Å²) < 4.78 is 2.91. The van der Waals surface area contributed by atoms with Crippen molar-refractivity contribution in [2.75, 3.05) is 20.1 Å². The minimum atomic E-state index is -0.162. The van der Waals surface area contributed by atoms with Crippen LogP contribution >= 0.6 is 28.1 Å². The summed E-state index contributed by atoms with van der Waals surface area (Å²) in [6.45, 7) is 1.96. The van der Waals surface area contributed by atoms with Gasteiger partial charge in [0.05, 0.1) is 0 Å². The maximum atomic E-state index is 12.8. The molecule has 1 aromatic heterocycles. The molecule has 0 bridgehead atoms. The smallest absolute Gasteiger partial charge is 0.276 e. The number of nitrogens with one attached hydrogen (secondary N) is 1. The fraction of sp³-hybridized carbons (Fsp3) is 0.350. The molecule has 6 nitrogen and oxygen atoms in total. The van der Waals surface area contributed by atoms with Gasteiger partial charge in [-0.1, -0.05) is 15.9 Å². The molecule has 8 heteroatoms. The van der Waals surface area contributed by atoms with E-state index in [9.17, 15) is 9.59 Å². The zero-order valence-electron chi connectivity index (χ0n) is 15.6. The fourth-order valence-electron chi connectivity index (χ4n) is 3.71. The van der Waals surface area contributed by atoms with Crippen molar-refractivity contribution in [2.24, 2.45) is 0 Å². The zero-order chi connectivity index (χ0) is 19.8. The van der Waals surface area contributed by atoms with Crippen LogP contribution in [0.25, 0.3) is 17.0 Å². The van der Waals surface area contributed by atoms with Gasteiger partial charge in [-0.3, -0.25) is 14.5 Å². The molecule has 2 amide bonds. The van der Waals surface area contributed by atoms with Crippen LogP contribution in [0.2, 0.25) is 0 Å². The number of fused-ring (bicyclic) bond motifs is 1. The number of aromatic nitrogens is 1. The van der Waals surface area contributed by atoms with E-state index in [0.29, 0.717) is 17.4 Å². The average molecular weight is 461 g/mol. The number of amides is 2. The van der Waals surface area contributed by atoms with E-state index in [1.165, 1.54) is 11.3 Å². The molecular formula is C20H21BrN4O2S. The highest BCUT2D eigenvalue weighted by Gasteiger charge is 2.27. The van der Waals surface area contributed by atoms with Crippen molar-refractivity contribution in [1.82, 2.24) is 19.7 Å². The Bertz CT molecular complexity index is 1010. The lowest BCUT2D eigenvalue weighted by Crippen LogP contribution is -2.37. The third-order valence-electron chi connectivity index (χ3n) is 5.27. The topological polar surface area (TPSA) is 57.6 Å². The highest BCUT2D eigenvalue weighted by Crippen LogP contribution is 2.28. The second kappa shape index (κ2) is 7.67. The van der Waals surface area contributed by atoms with Crippen molar-refractivity contribution in [3.8, 4) is 0 Å². The van der Waals surface area contributed by atoms with E-state index in [0.717, 1.165) is 46.9 Å². The molecule has 0 unspecified atom stereocenters. The normalized spacial score (nSPS) is 19.0. The molecule has 0 spiro atoms. The number of carbonyl (C=O) groups excluding carboxylic acids is 2. The summed E-state index contributed by atoms with van der Waals surface area (Å²) in [6, 6.07) is 5.96. The standard InChI is InChI=1S/C20H21BrN4O2S/c1-23-19(27)16(22-20(23)28)9-13-11-25(17-6-5-14(21)10-15(13)17)12-18(26)24-7-3-2-4-8-24/h5-6,9-11H,2-4,7-8,12H2,1H3,(H,22,28)/b16-9-. The molecule has 0 aliphatic carbocycles. The zero-order valence-corrected chi connectivity index (χ0v) is 18.0. The van der Waals surface area contributed by atoms with Crippen molar-refractivity contribution >= 4 is 62.1 Å². The van der Waals surface area contributed by atoms with Gasteiger partial charge in [-0.25, -0.2) is 0 Å². The van der Waals surface area contributed by atoms with Gasteiger partial charge in [0, 0.05) is 47.3 Å². The Morgan fingerprint density at radius 3 is 2.71 bits per heavy atom. The average Bonchev–Trinajstić information content (AvgIpc) is 3.14. The van der Waals surface area contributed by atoms with Crippen molar-refractivity contribution in [3.63, 3.8) is 0 Å². The summed E-state index contributed by atoms with van der Waals surface area (Å²) in [6.07, 6.45) is 7.07. The molecule has 1 aromatic carbocycles. The number of likely N-dealkylation sites (tertiary alicyclic amines) is 1. The predicted octanol–water partition coefficient (Wildman–Crippen LogP) is 3.10. The maximum Gasteiger partial charge on any atom is 0.276 e. The molecule has 0 radical (unpaired) electrons. The van der Waals surface area contributed by atoms with Crippen LogP contribution < -0.4 is 5.32 Å². The lowest BCUT2D eigenvalue weighted by molar-refractivity contribution is -0.132. The minimum absolute atomic E-state index is 0.134. The van der Waals surface area contributed by atoms with E-state index >= 15 is 0 Å². The van der Waals surface area contributed by atoms with Crippen LogP contribution in [-0.2, 0) is 16.1 Å². The summed E-state index contributed by atoms with van der Waals surface area (Å²) in [7, 11) is 1.65. The van der Waals surface area contributed by atoms with E-state index in [-0.39, 0.29) is 11.8 Å². The molecule has 2 fully saturated rings. The summed E-state index contributed by atoms with van der Waals surface area (Å²) in [5.41, 5.74) is 2.27. The lowest BCUT2D eigenvalue weighted by Gasteiger charge is -2.27. The van der Waals surface area contributed by atoms with Crippen molar-refractivity contribution in [2.45, 2.75) is 25.8 Å². The molecule has 3 heterocycles. The van der Waals surface area contributed by atoms with E-state index in [4.69, 9.17) is 12.2 Å². The van der Waals surface area contributed by atoms with E-state index in [1.54, 1.807) is 13.1 Å². The molecular weight excluding hydrogens is 440 g/mol. The Hall–Kier alpha value is -2.19. The highest BCUT2D eigenvalue weighted by molar-refractivity contribution is 9.10. The number of hydrogen-bond acceptors (Lipinski definition) is 3. The second-order valence-corrected chi connectivity index (χ2v) is 8.47. The first-order valence-electron chi connectivity index (χ1n) is 9.31. The maximum absolute atomic E-state index is 12.8. The number of rotatable bonds is 3. The number of hydrogen-bond donors (Lipinski definition) is 1. The largest absolute Gasteiger partial charge is 0.341 e. The van der Waals surface area contributed by atoms with Gasteiger partial charge in [0.15, 0.2) is 5.11 Å². The lowest BCUT2D eigenvalue weighted by atomic mass is 10.1. The molecule has 0 saturated carbocycles. The van der Waals surface area contributed by atoms with E-state index in [2.05, 4.69) is 21.2 Å². The Kier molecular flexibility index (Phi) is 5.25. The Balaban J connectivity index is 1.70. The summed E-state index contributed by atoms with van der Waals surface area (Å²) in [5.74, 6) is -0.0278. The number of carbonyl (C=O) groups is 2. The molecule has 2 aliphatic heterocycles. The quantitative estimate of drug-likeness (QED) is 0.564. The number of piperidine rings is 1. The van der Waals surface area contributed by atoms with Gasteiger partial charge in [-0.2, -0.15) is 0 Å². The van der Waals surface area contributed by atoms with Crippen LogP contribution in [0.15, 0.2) is 34.6 Å². The van der Waals surface area contributed by atoms with Crippen LogP contribution in [-0.4, -0.2) is 51.4 Å². The molecule has 1 N–H and O–H groups in total. The van der Waals surface area contributed by atoms with Crippen LogP contribution in [0.1, 0.15) is 24.8 Å². The summed E-state index contributed by atoms with van der Waals surface area (Å²) >= 11 is 8.67. The molecule has 28 heavy (non-hydrogen) atoms. The molecule has 4 rings (SSSR count). The first-order chi connectivity index (χ1) is 13.4. The fourth-order valence-corrected chi connectivity index (χ4v) is 4.26. The Morgan fingerprint density at radius 1 is 1.29 bits per heavy atom. The van der Waals surface area contributed by atoms with Crippen molar-refractivity contribution < 1.29 is 9.59 Å². The predicted molar refractivity (Wildman–Crippen MR) is 117 cm³/mol. The number of nitrogens with zero attached hydrogens (tertiary/aromatic N) is 3. The van der Waals surface area contributed by atoms with Gasteiger partial charge >= 0.3 is 0 Å². The van der Waals surface area contributed by atoms with Crippen LogP contribution in [0.5, 0.6) is 0 Å². The van der Waals surface area contributed by atoms with Gasteiger partial charge < -0.3 is 14.8 Å². The monoisotopic (exact) mass is 460 g/mol. The highest BCUT2D eigenvalue weighted by atomic mass is 79.9. The molecule has 2 aliphatic rings. The first-order valence-corrected chi connectivity index (χ1v) is 10.5. The summed E-state index contributed by atoms with van der Waals surface area (Å²) in [5, 5.41) is 4.32. The number of halogens is 1. The number of benzene rings is 1. The SMILES string of the molecule is CN1C(=O)/C(=C/c2cn(CC(=O)N3CCCCC3)c3ccc(Br)cc23)NC1=S. The second-order valence-electron chi connectivity index (χ2n) is 7.17. The number of likely N-dealkylation sites (N-methyl/N-ethyl adjacent to an activating group) is 1. The van der Waals surface area contributed by atoms with Gasteiger partial charge in [0.25, 0.3) is 5.91 Å². The first kappa shape index (κ1) is 19.1. The Labute approximate surface area is 177 Å². The molecule has 2 aromatic rings. The minimum Gasteiger partial charge on any atom is -0.341 e. The van der Waals surface area contributed by atoms with Crippen LogP contribution in [0.3, 0.4) is 0 Å². The van der Waals surface area contributed by atoms with Gasteiger partial charge in [-0.05, 0) is 55.8 Å². The van der Waals surface area contributed by atoms with E-state index in [1.807, 2.05) is 33.9 Å². The summed E-state index contributed by atoms with van der Waals surface area (Å²) in [4.78, 5) is 28.5. The van der Waals surface area contributed by atoms with Crippen LogP contribution in [0.4, 0.5) is 0 Å². The van der Waals surface area contributed by atoms with Crippen LogP contribution in [0, 0.1) is 0 Å². The van der Waals surface area contributed by atoms with Gasteiger partial charge in [-0.15, -0.1) is 0 Å². The number of thiocarbonyl (C=S) groups is 1. The molecule has 0 atom stereocenters. The van der Waals surface area contributed by atoms with Gasteiger partial charge in [0.2, 0.25) is 5.91 Å². The van der Waals surface area contributed by atoms with Crippen molar-refractivity contribution in [3.05, 3.63) is 40.1 Å². The Morgan fingerprint density at radius 2 is 2.04 bits per heavy atom. The van der Waals surface area contributed by atoms with Gasteiger partial charge in [0.1, 0.15) is 12.2 Å².